The summed E-state index contributed by atoms with van der Waals surface area (Å²) in [6.07, 6.45) is 4.85. The van der Waals surface area contributed by atoms with Crippen LogP contribution in [0, 0.1) is 5.41 Å². The first kappa shape index (κ1) is 10.9. The largest absolute Gasteiger partial charge is 0.459 e. The fraction of sp³-hybridized carbons (Fsp3) is 0.917. The second-order valence-corrected chi connectivity index (χ2v) is 6.02. The molecule has 0 amide bonds. The summed E-state index contributed by atoms with van der Waals surface area (Å²) in [6, 6.07) is -0.0653. The number of hydrogen-bond acceptors (Lipinski definition) is 3. The van der Waals surface area contributed by atoms with Gasteiger partial charge < -0.3 is 10.1 Å². The highest BCUT2D eigenvalue weighted by Gasteiger charge is 2.46. The molecule has 2 rings (SSSR count). The number of carbonyl (C=O) groups is 1. The minimum atomic E-state index is -0.367. The van der Waals surface area contributed by atoms with E-state index in [1.165, 1.54) is 19.3 Å². The number of hydrogen-bond donors (Lipinski definition) is 1. The van der Waals surface area contributed by atoms with E-state index in [-0.39, 0.29) is 17.6 Å². The molecular formula is C12H21NO2. The highest BCUT2D eigenvalue weighted by atomic mass is 16.6. The second-order valence-electron chi connectivity index (χ2n) is 6.02. The number of esters is 1. The van der Waals surface area contributed by atoms with Crippen LogP contribution in [0.3, 0.4) is 0 Å². The molecule has 3 heteroatoms. The van der Waals surface area contributed by atoms with Gasteiger partial charge >= 0.3 is 5.97 Å². The summed E-state index contributed by atoms with van der Waals surface area (Å²) in [5.41, 5.74) is 0.0652. The number of ether oxygens (including phenoxy) is 1. The molecule has 0 aromatic carbocycles. The summed E-state index contributed by atoms with van der Waals surface area (Å²) in [5, 5.41) is 3.30. The zero-order chi connectivity index (χ0) is 11.1. The molecule has 0 aromatic rings. The van der Waals surface area contributed by atoms with E-state index in [2.05, 4.69) is 5.32 Å². The molecule has 2 fully saturated rings. The lowest BCUT2D eigenvalue weighted by Gasteiger charge is -2.37. The van der Waals surface area contributed by atoms with Crippen molar-refractivity contribution < 1.29 is 9.53 Å². The molecule has 2 aliphatic rings. The number of carbonyl (C=O) groups excluding carboxylic acids is 1. The number of rotatable bonds is 1. The van der Waals surface area contributed by atoms with Gasteiger partial charge in [-0.3, -0.25) is 4.79 Å². The van der Waals surface area contributed by atoms with Gasteiger partial charge in [0.25, 0.3) is 0 Å². The Balaban J connectivity index is 1.88. The standard InChI is InChI=1S/C12H21NO2/c1-11(2,3)15-10(14)9-7-12(8-13-9)5-4-6-12/h9,13H,4-8H2,1-3H3. The van der Waals surface area contributed by atoms with Crippen LogP contribution in [0.25, 0.3) is 0 Å². The van der Waals surface area contributed by atoms with Crippen molar-refractivity contribution in [1.29, 1.82) is 0 Å². The van der Waals surface area contributed by atoms with Crippen molar-refractivity contribution in [3.8, 4) is 0 Å². The van der Waals surface area contributed by atoms with E-state index in [1.807, 2.05) is 20.8 Å². The average Bonchev–Trinajstić information content (AvgIpc) is 2.43. The average molecular weight is 211 g/mol. The Morgan fingerprint density at radius 3 is 2.47 bits per heavy atom. The third-order valence-corrected chi connectivity index (χ3v) is 3.47. The lowest BCUT2D eigenvalue weighted by atomic mass is 9.67. The van der Waals surface area contributed by atoms with Gasteiger partial charge in [0.1, 0.15) is 11.6 Å². The van der Waals surface area contributed by atoms with E-state index in [9.17, 15) is 4.79 Å². The molecule has 1 N–H and O–H groups in total. The molecule has 1 aliphatic heterocycles. The minimum Gasteiger partial charge on any atom is -0.459 e. The van der Waals surface area contributed by atoms with Gasteiger partial charge in [-0.25, -0.2) is 0 Å². The first-order chi connectivity index (χ1) is 6.90. The Hall–Kier alpha value is -0.570. The van der Waals surface area contributed by atoms with Crippen LogP contribution in [-0.4, -0.2) is 24.2 Å². The highest BCUT2D eigenvalue weighted by Crippen LogP contribution is 2.47. The molecule has 1 aliphatic carbocycles. The van der Waals surface area contributed by atoms with E-state index < -0.39 is 0 Å². The molecule has 1 saturated heterocycles. The summed E-state index contributed by atoms with van der Waals surface area (Å²) >= 11 is 0. The van der Waals surface area contributed by atoms with Crippen molar-refractivity contribution in [3.05, 3.63) is 0 Å². The molecule has 1 unspecified atom stereocenters. The predicted molar refractivity (Wildman–Crippen MR) is 58.5 cm³/mol. The topological polar surface area (TPSA) is 38.3 Å². The molecule has 0 radical (unpaired) electrons. The van der Waals surface area contributed by atoms with Crippen molar-refractivity contribution in [1.82, 2.24) is 5.32 Å². The molecule has 86 valence electrons. The molecule has 1 heterocycles. The van der Waals surface area contributed by atoms with Gasteiger partial charge in [0.15, 0.2) is 0 Å². The van der Waals surface area contributed by atoms with Gasteiger partial charge in [-0.15, -0.1) is 0 Å². The van der Waals surface area contributed by atoms with Crippen LogP contribution in [0.4, 0.5) is 0 Å². The van der Waals surface area contributed by atoms with Gasteiger partial charge in [0, 0.05) is 6.54 Å². The van der Waals surface area contributed by atoms with Crippen LogP contribution in [0.1, 0.15) is 46.5 Å². The SMILES string of the molecule is CC(C)(C)OC(=O)C1CC2(CCC2)CN1. The second kappa shape index (κ2) is 3.48. The fourth-order valence-corrected chi connectivity index (χ4v) is 2.51. The lowest BCUT2D eigenvalue weighted by molar-refractivity contribution is -0.157. The summed E-state index contributed by atoms with van der Waals surface area (Å²) in [5.74, 6) is -0.0775. The molecule has 1 saturated carbocycles. The Morgan fingerprint density at radius 2 is 2.07 bits per heavy atom. The monoisotopic (exact) mass is 211 g/mol. The smallest absolute Gasteiger partial charge is 0.323 e. The zero-order valence-electron chi connectivity index (χ0n) is 9.93. The van der Waals surface area contributed by atoms with Gasteiger partial charge in [-0.05, 0) is 45.4 Å². The molecule has 1 atom stereocenters. The summed E-state index contributed by atoms with van der Waals surface area (Å²) < 4.78 is 5.38. The van der Waals surface area contributed by atoms with E-state index in [0.29, 0.717) is 5.41 Å². The lowest BCUT2D eigenvalue weighted by Crippen LogP contribution is -2.37. The van der Waals surface area contributed by atoms with E-state index >= 15 is 0 Å². The van der Waals surface area contributed by atoms with Crippen molar-refractivity contribution in [2.24, 2.45) is 5.41 Å². The predicted octanol–water partition coefficient (Wildman–Crippen LogP) is 1.86. The molecule has 1 spiro atoms. The molecule has 0 bridgehead atoms. The summed E-state index contributed by atoms with van der Waals surface area (Å²) in [7, 11) is 0. The van der Waals surface area contributed by atoms with E-state index in [0.717, 1.165) is 13.0 Å². The molecule has 3 nitrogen and oxygen atoms in total. The van der Waals surface area contributed by atoms with Gasteiger partial charge in [0.05, 0.1) is 0 Å². The summed E-state index contributed by atoms with van der Waals surface area (Å²) in [4.78, 5) is 11.8. The fourth-order valence-electron chi connectivity index (χ4n) is 2.51. The molecule has 15 heavy (non-hydrogen) atoms. The minimum absolute atomic E-state index is 0.0653. The Kier molecular flexibility index (Phi) is 2.53. The quantitative estimate of drug-likeness (QED) is 0.673. The molecule has 0 aromatic heterocycles. The van der Waals surface area contributed by atoms with Crippen molar-refractivity contribution in [2.75, 3.05) is 6.54 Å². The van der Waals surface area contributed by atoms with Gasteiger partial charge in [-0.1, -0.05) is 6.42 Å². The maximum atomic E-state index is 11.8. The number of nitrogens with one attached hydrogen (secondary N) is 1. The van der Waals surface area contributed by atoms with Crippen LogP contribution < -0.4 is 5.32 Å². The maximum Gasteiger partial charge on any atom is 0.323 e. The van der Waals surface area contributed by atoms with Crippen molar-refractivity contribution in [2.45, 2.75) is 58.1 Å². The van der Waals surface area contributed by atoms with Crippen molar-refractivity contribution >= 4 is 5.97 Å². The van der Waals surface area contributed by atoms with Crippen LogP contribution in [0.15, 0.2) is 0 Å². The first-order valence-electron chi connectivity index (χ1n) is 5.87. The van der Waals surface area contributed by atoms with Crippen LogP contribution in [0.5, 0.6) is 0 Å². The van der Waals surface area contributed by atoms with Crippen LogP contribution >= 0.6 is 0 Å². The van der Waals surface area contributed by atoms with E-state index in [4.69, 9.17) is 4.74 Å². The van der Waals surface area contributed by atoms with Gasteiger partial charge in [-0.2, -0.15) is 0 Å². The zero-order valence-corrected chi connectivity index (χ0v) is 9.93. The van der Waals surface area contributed by atoms with Crippen LogP contribution in [0.2, 0.25) is 0 Å². The third kappa shape index (κ3) is 2.33. The Labute approximate surface area is 91.6 Å². The van der Waals surface area contributed by atoms with Crippen molar-refractivity contribution in [3.63, 3.8) is 0 Å². The highest BCUT2D eigenvalue weighted by molar-refractivity contribution is 5.76. The normalized spacial score (nSPS) is 28.9. The van der Waals surface area contributed by atoms with E-state index in [1.54, 1.807) is 0 Å². The first-order valence-corrected chi connectivity index (χ1v) is 5.87. The maximum absolute atomic E-state index is 11.8. The van der Waals surface area contributed by atoms with Crippen LogP contribution in [-0.2, 0) is 9.53 Å². The Bertz CT molecular complexity index is 263. The van der Waals surface area contributed by atoms with Gasteiger partial charge in [0.2, 0.25) is 0 Å². The Morgan fingerprint density at radius 1 is 1.40 bits per heavy atom. The third-order valence-electron chi connectivity index (χ3n) is 3.47. The summed E-state index contributed by atoms with van der Waals surface area (Å²) in [6.45, 7) is 6.74. The molecular weight excluding hydrogens is 190 g/mol.